The zero-order valence-electron chi connectivity index (χ0n) is 9.19. The average Bonchev–Trinajstić information content (AvgIpc) is 2.16. The van der Waals surface area contributed by atoms with E-state index in [4.69, 9.17) is 4.74 Å². The summed E-state index contributed by atoms with van der Waals surface area (Å²) in [4.78, 5) is 0. The largest absolute Gasteiger partial charge is 0.484 e. The third-order valence-electron chi connectivity index (χ3n) is 2.12. The van der Waals surface area contributed by atoms with Crippen LogP contribution in [0, 0.1) is 12.7 Å². The van der Waals surface area contributed by atoms with Crippen molar-refractivity contribution in [3.05, 3.63) is 41.7 Å². The van der Waals surface area contributed by atoms with Gasteiger partial charge in [-0.15, -0.1) is 0 Å². The number of hydrogen-bond donors (Lipinski definition) is 0. The molecule has 0 amide bonds. The topological polar surface area (TPSA) is 9.23 Å². The minimum Gasteiger partial charge on any atom is -0.484 e. The van der Waals surface area contributed by atoms with Gasteiger partial charge in [0.2, 0.25) is 0 Å². The van der Waals surface area contributed by atoms with Gasteiger partial charge in [-0.3, -0.25) is 0 Å². The molecule has 0 unspecified atom stereocenters. The Morgan fingerprint density at radius 1 is 1.44 bits per heavy atom. The van der Waals surface area contributed by atoms with Crippen LogP contribution >= 0.6 is 0 Å². The maximum absolute atomic E-state index is 13.2. The van der Waals surface area contributed by atoms with Crippen molar-refractivity contribution in [1.29, 1.82) is 0 Å². The average molecular weight is 230 g/mol. The summed E-state index contributed by atoms with van der Waals surface area (Å²) in [7, 11) is 0. The fourth-order valence-corrected chi connectivity index (χ4v) is 1.01. The number of alkyl halides is 2. The first-order chi connectivity index (χ1) is 7.33. The SMILES string of the molecule is C=C(C)C(F)(F)COc1ccc(C)cc1F. The molecule has 0 N–H and O–H groups in total. The third-order valence-corrected chi connectivity index (χ3v) is 2.12. The fourth-order valence-electron chi connectivity index (χ4n) is 1.01. The highest BCUT2D eigenvalue weighted by Gasteiger charge is 2.31. The molecule has 0 spiro atoms. The van der Waals surface area contributed by atoms with Crippen molar-refractivity contribution in [3.63, 3.8) is 0 Å². The van der Waals surface area contributed by atoms with Gasteiger partial charge in [0.05, 0.1) is 0 Å². The van der Waals surface area contributed by atoms with Crippen LogP contribution in [0.15, 0.2) is 30.4 Å². The van der Waals surface area contributed by atoms with E-state index in [2.05, 4.69) is 6.58 Å². The Hall–Kier alpha value is -1.45. The predicted octanol–water partition coefficient (Wildman–Crippen LogP) is 3.72. The molecule has 1 aromatic carbocycles. The summed E-state index contributed by atoms with van der Waals surface area (Å²) in [6.45, 7) is 5.16. The molecule has 0 aliphatic heterocycles. The fraction of sp³-hybridized carbons (Fsp3) is 0.333. The summed E-state index contributed by atoms with van der Waals surface area (Å²) in [5, 5.41) is 0. The van der Waals surface area contributed by atoms with Crippen molar-refractivity contribution in [2.24, 2.45) is 0 Å². The van der Waals surface area contributed by atoms with Crippen LogP contribution in [0.1, 0.15) is 12.5 Å². The molecular weight excluding hydrogens is 217 g/mol. The van der Waals surface area contributed by atoms with Crippen molar-refractivity contribution in [2.45, 2.75) is 19.8 Å². The quantitative estimate of drug-likeness (QED) is 0.716. The Bertz CT molecular complexity index is 399. The molecule has 0 aliphatic rings. The molecule has 0 bridgehead atoms. The molecule has 1 nitrogen and oxygen atoms in total. The van der Waals surface area contributed by atoms with Crippen LogP contribution in [0.3, 0.4) is 0 Å². The first kappa shape index (κ1) is 12.6. The molecule has 0 aliphatic carbocycles. The summed E-state index contributed by atoms with van der Waals surface area (Å²) >= 11 is 0. The second kappa shape index (κ2) is 4.60. The third kappa shape index (κ3) is 3.02. The molecule has 0 aromatic heterocycles. The first-order valence-electron chi connectivity index (χ1n) is 4.75. The van der Waals surface area contributed by atoms with Crippen LogP contribution in [0.4, 0.5) is 13.2 Å². The lowest BCUT2D eigenvalue weighted by atomic mass is 10.2. The normalized spacial score (nSPS) is 11.3. The molecule has 4 heteroatoms. The predicted molar refractivity (Wildman–Crippen MR) is 56.4 cm³/mol. The summed E-state index contributed by atoms with van der Waals surface area (Å²) in [6.07, 6.45) is 0. The number of aryl methyl sites for hydroxylation is 1. The second-order valence-electron chi connectivity index (χ2n) is 3.71. The zero-order valence-corrected chi connectivity index (χ0v) is 9.19. The van der Waals surface area contributed by atoms with Crippen LogP contribution < -0.4 is 4.74 Å². The summed E-state index contributed by atoms with van der Waals surface area (Å²) in [5.41, 5.74) is 0.400. The molecule has 0 saturated heterocycles. The van der Waals surface area contributed by atoms with Gasteiger partial charge in [0.25, 0.3) is 0 Å². The molecule has 0 saturated carbocycles. The smallest absolute Gasteiger partial charge is 0.302 e. The molecule has 1 rings (SSSR count). The Kier molecular flexibility index (Phi) is 3.62. The number of ether oxygens (including phenoxy) is 1. The Morgan fingerprint density at radius 2 is 2.06 bits per heavy atom. The standard InChI is InChI=1S/C12H13F3O/c1-8(2)12(14,15)7-16-11-5-4-9(3)6-10(11)13/h4-6H,1,7H2,2-3H3. The highest BCUT2D eigenvalue weighted by molar-refractivity contribution is 5.28. The van der Waals surface area contributed by atoms with Gasteiger partial charge in [0.1, 0.15) is 0 Å². The number of benzene rings is 1. The van der Waals surface area contributed by atoms with Crippen LogP contribution in [0.5, 0.6) is 5.75 Å². The van der Waals surface area contributed by atoms with Gasteiger partial charge in [0.15, 0.2) is 18.2 Å². The lowest BCUT2D eigenvalue weighted by Gasteiger charge is -2.17. The number of rotatable bonds is 4. The minimum absolute atomic E-state index is 0.175. The van der Waals surface area contributed by atoms with Crippen LogP contribution in [-0.4, -0.2) is 12.5 Å². The van der Waals surface area contributed by atoms with Crippen LogP contribution in [0.2, 0.25) is 0 Å². The minimum atomic E-state index is -3.14. The molecule has 0 radical (unpaired) electrons. The van der Waals surface area contributed by atoms with Crippen molar-refractivity contribution in [1.82, 2.24) is 0 Å². The van der Waals surface area contributed by atoms with Crippen molar-refractivity contribution < 1.29 is 17.9 Å². The van der Waals surface area contributed by atoms with E-state index in [-0.39, 0.29) is 11.3 Å². The molecule has 88 valence electrons. The lowest BCUT2D eigenvalue weighted by molar-refractivity contribution is -0.00662. The Morgan fingerprint density at radius 3 is 2.56 bits per heavy atom. The molecule has 0 atom stereocenters. The maximum atomic E-state index is 13.2. The van der Waals surface area contributed by atoms with E-state index >= 15 is 0 Å². The highest BCUT2D eigenvalue weighted by Crippen LogP contribution is 2.25. The maximum Gasteiger partial charge on any atom is 0.302 e. The van der Waals surface area contributed by atoms with Crippen molar-refractivity contribution >= 4 is 0 Å². The van der Waals surface area contributed by atoms with Gasteiger partial charge in [0, 0.05) is 0 Å². The first-order valence-corrected chi connectivity index (χ1v) is 4.75. The van der Waals surface area contributed by atoms with Gasteiger partial charge in [-0.2, -0.15) is 8.78 Å². The van der Waals surface area contributed by atoms with Crippen LogP contribution in [-0.2, 0) is 0 Å². The van der Waals surface area contributed by atoms with E-state index < -0.39 is 18.3 Å². The van der Waals surface area contributed by atoms with E-state index in [1.165, 1.54) is 19.1 Å². The summed E-state index contributed by atoms with van der Waals surface area (Å²) in [6, 6.07) is 4.16. The summed E-state index contributed by atoms with van der Waals surface area (Å²) in [5.74, 6) is -3.96. The Labute approximate surface area is 92.5 Å². The van der Waals surface area contributed by atoms with E-state index in [0.717, 1.165) is 0 Å². The lowest BCUT2D eigenvalue weighted by Crippen LogP contribution is -2.26. The number of halogens is 3. The van der Waals surface area contributed by atoms with Gasteiger partial charge >= 0.3 is 5.92 Å². The summed E-state index contributed by atoms with van der Waals surface area (Å²) < 4.78 is 44.2. The molecular formula is C12H13F3O. The molecule has 1 aromatic rings. The second-order valence-corrected chi connectivity index (χ2v) is 3.71. The van der Waals surface area contributed by atoms with E-state index in [9.17, 15) is 13.2 Å². The van der Waals surface area contributed by atoms with Gasteiger partial charge < -0.3 is 4.74 Å². The van der Waals surface area contributed by atoms with E-state index in [0.29, 0.717) is 5.56 Å². The van der Waals surface area contributed by atoms with Crippen molar-refractivity contribution in [3.8, 4) is 5.75 Å². The Balaban J connectivity index is 2.72. The number of hydrogen-bond acceptors (Lipinski definition) is 1. The van der Waals surface area contributed by atoms with Gasteiger partial charge in [-0.05, 0) is 37.1 Å². The molecule has 16 heavy (non-hydrogen) atoms. The van der Waals surface area contributed by atoms with Gasteiger partial charge in [-0.1, -0.05) is 12.6 Å². The van der Waals surface area contributed by atoms with Crippen LogP contribution in [0.25, 0.3) is 0 Å². The molecule has 0 heterocycles. The zero-order chi connectivity index (χ0) is 12.3. The van der Waals surface area contributed by atoms with Crippen molar-refractivity contribution in [2.75, 3.05) is 6.61 Å². The van der Waals surface area contributed by atoms with Gasteiger partial charge in [-0.25, -0.2) is 4.39 Å². The van der Waals surface area contributed by atoms with E-state index in [1.54, 1.807) is 13.0 Å². The monoisotopic (exact) mass is 230 g/mol. The highest BCUT2D eigenvalue weighted by atomic mass is 19.3. The van der Waals surface area contributed by atoms with E-state index in [1.807, 2.05) is 0 Å². The molecule has 0 fully saturated rings.